The van der Waals surface area contributed by atoms with Crippen molar-refractivity contribution in [3.8, 4) is 0 Å². The van der Waals surface area contributed by atoms with E-state index in [9.17, 15) is 9.90 Å². The van der Waals surface area contributed by atoms with Crippen molar-refractivity contribution in [3.63, 3.8) is 0 Å². The van der Waals surface area contributed by atoms with E-state index in [4.69, 9.17) is 0 Å². The van der Waals surface area contributed by atoms with E-state index in [1.807, 2.05) is 18.2 Å². The monoisotopic (exact) mass is 291 g/mol. The Labute approximate surface area is 129 Å². The number of anilines is 1. The van der Waals surface area contributed by atoms with Gasteiger partial charge < -0.3 is 10.4 Å². The Morgan fingerprint density at radius 2 is 1.95 bits per heavy atom. The fourth-order valence-corrected chi connectivity index (χ4v) is 3.72. The number of rotatable bonds is 2. The number of hydrogen-bond acceptors (Lipinski definition) is 2. The van der Waals surface area contributed by atoms with E-state index < -0.39 is 5.97 Å². The van der Waals surface area contributed by atoms with Gasteiger partial charge in [0.25, 0.3) is 0 Å². The summed E-state index contributed by atoms with van der Waals surface area (Å²) >= 11 is 0. The second kappa shape index (κ2) is 5.02. The highest BCUT2D eigenvalue weighted by Gasteiger charge is 2.37. The van der Waals surface area contributed by atoms with Crippen LogP contribution in [0, 0.1) is 5.92 Å². The van der Waals surface area contributed by atoms with Crippen molar-refractivity contribution in [3.05, 3.63) is 77.4 Å². The first-order valence-electron chi connectivity index (χ1n) is 7.59. The Morgan fingerprint density at radius 1 is 1.14 bits per heavy atom. The van der Waals surface area contributed by atoms with Gasteiger partial charge in [0, 0.05) is 11.6 Å². The van der Waals surface area contributed by atoms with E-state index in [1.165, 1.54) is 5.56 Å². The first-order valence-corrected chi connectivity index (χ1v) is 7.59. The lowest BCUT2D eigenvalue weighted by molar-refractivity contribution is 0.0696. The van der Waals surface area contributed by atoms with Crippen LogP contribution in [0.15, 0.2) is 60.7 Å². The Morgan fingerprint density at radius 3 is 2.73 bits per heavy atom. The molecule has 0 spiro atoms. The molecule has 0 saturated carbocycles. The van der Waals surface area contributed by atoms with Crippen LogP contribution < -0.4 is 5.32 Å². The quantitative estimate of drug-likeness (QED) is 0.815. The second-order valence-corrected chi connectivity index (χ2v) is 5.99. The lowest BCUT2D eigenvalue weighted by atomic mass is 9.76. The summed E-state index contributed by atoms with van der Waals surface area (Å²) in [6, 6.07) is 16.1. The van der Waals surface area contributed by atoms with Gasteiger partial charge in [-0.3, -0.25) is 0 Å². The van der Waals surface area contributed by atoms with Gasteiger partial charge in [-0.15, -0.1) is 0 Å². The summed E-state index contributed by atoms with van der Waals surface area (Å²) in [7, 11) is 0. The number of benzene rings is 2. The van der Waals surface area contributed by atoms with Crippen molar-refractivity contribution >= 4 is 11.7 Å². The summed E-state index contributed by atoms with van der Waals surface area (Å²) in [5.74, 6) is -0.133. The molecule has 3 nitrogen and oxygen atoms in total. The van der Waals surface area contributed by atoms with Gasteiger partial charge in [-0.05, 0) is 41.7 Å². The summed E-state index contributed by atoms with van der Waals surface area (Å²) in [4.78, 5) is 11.2. The molecule has 2 aliphatic rings. The van der Waals surface area contributed by atoms with Gasteiger partial charge >= 0.3 is 5.97 Å². The molecule has 2 N–H and O–H groups in total. The van der Waals surface area contributed by atoms with E-state index in [-0.39, 0.29) is 6.04 Å². The maximum absolute atomic E-state index is 11.2. The SMILES string of the molecule is O=C(O)c1ccc2c(c1)[C@@H]1C=CC[C@@H]1[C@H](c1ccccc1)N2. The zero-order valence-corrected chi connectivity index (χ0v) is 12.1. The van der Waals surface area contributed by atoms with Crippen LogP contribution in [0.1, 0.15) is 39.9 Å². The number of fused-ring (bicyclic) bond motifs is 3. The summed E-state index contributed by atoms with van der Waals surface area (Å²) in [5.41, 5.74) is 3.80. The van der Waals surface area contributed by atoms with Gasteiger partial charge in [0.05, 0.1) is 11.6 Å². The molecule has 0 amide bonds. The zero-order valence-electron chi connectivity index (χ0n) is 12.1. The summed E-state index contributed by atoms with van der Waals surface area (Å²) in [5, 5.41) is 12.8. The van der Waals surface area contributed by atoms with Crippen molar-refractivity contribution in [2.24, 2.45) is 5.92 Å². The van der Waals surface area contributed by atoms with Crippen LogP contribution in [0.4, 0.5) is 5.69 Å². The van der Waals surface area contributed by atoms with Crippen molar-refractivity contribution in [2.75, 3.05) is 5.32 Å². The van der Waals surface area contributed by atoms with Gasteiger partial charge in [0.15, 0.2) is 0 Å². The molecule has 3 atom stereocenters. The van der Waals surface area contributed by atoms with Crippen LogP contribution in [-0.4, -0.2) is 11.1 Å². The number of carboxylic acid groups (broad SMARTS) is 1. The topological polar surface area (TPSA) is 49.3 Å². The van der Waals surface area contributed by atoms with Crippen LogP contribution in [0.2, 0.25) is 0 Å². The fraction of sp³-hybridized carbons (Fsp3) is 0.211. The van der Waals surface area contributed by atoms with E-state index in [0.29, 0.717) is 17.4 Å². The zero-order chi connectivity index (χ0) is 15.1. The molecular formula is C19H17NO2. The van der Waals surface area contributed by atoms with Crippen LogP contribution in [0.3, 0.4) is 0 Å². The van der Waals surface area contributed by atoms with E-state index in [1.54, 1.807) is 6.07 Å². The Hall–Kier alpha value is -2.55. The third kappa shape index (κ3) is 2.01. The van der Waals surface area contributed by atoms with Crippen molar-refractivity contribution in [1.29, 1.82) is 0 Å². The number of carbonyl (C=O) groups is 1. The van der Waals surface area contributed by atoms with Gasteiger partial charge in [0.1, 0.15) is 0 Å². The van der Waals surface area contributed by atoms with Gasteiger partial charge in [0.2, 0.25) is 0 Å². The molecule has 0 bridgehead atoms. The molecule has 0 fully saturated rings. The number of aromatic carboxylic acids is 1. The Bertz CT molecular complexity index is 751. The normalized spacial score (nSPS) is 25.2. The second-order valence-electron chi connectivity index (χ2n) is 5.99. The maximum atomic E-state index is 11.2. The van der Waals surface area contributed by atoms with Crippen LogP contribution >= 0.6 is 0 Å². The van der Waals surface area contributed by atoms with Crippen LogP contribution in [0.5, 0.6) is 0 Å². The molecule has 0 unspecified atom stereocenters. The van der Waals surface area contributed by atoms with Gasteiger partial charge in [-0.2, -0.15) is 0 Å². The molecule has 110 valence electrons. The molecular weight excluding hydrogens is 274 g/mol. The molecule has 0 saturated heterocycles. The molecule has 2 aromatic rings. The fourth-order valence-electron chi connectivity index (χ4n) is 3.72. The molecule has 0 radical (unpaired) electrons. The highest BCUT2D eigenvalue weighted by molar-refractivity contribution is 5.89. The number of nitrogens with one attached hydrogen (secondary N) is 1. The van der Waals surface area contributed by atoms with Crippen LogP contribution in [0.25, 0.3) is 0 Å². The minimum absolute atomic E-state index is 0.268. The molecule has 2 aromatic carbocycles. The van der Waals surface area contributed by atoms with Crippen molar-refractivity contribution in [1.82, 2.24) is 0 Å². The molecule has 3 heteroatoms. The third-order valence-corrected chi connectivity index (χ3v) is 4.77. The predicted octanol–water partition coefficient (Wildman–Crippen LogP) is 4.21. The smallest absolute Gasteiger partial charge is 0.335 e. The molecule has 1 aliphatic carbocycles. The lowest BCUT2D eigenvalue weighted by Crippen LogP contribution is -2.29. The number of allylic oxidation sites excluding steroid dienone is 2. The summed E-state index contributed by atoms with van der Waals surface area (Å²) in [6.45, 7) is 0. The summed E-state index contributed by atoms with van der Waals surface area (Å²) < 4.78 is 0. The lowest BCUT2D eigenvalue weighted by Gasteiger charge is -2.37. The minimum atomic E-state index is -0.869. The highest BCUT2D eigenvalue weighted by Crippen LogP contribution is 2.49. The first-order chi connectivity index (χ1) is 10.7. The number of hydrogen-bond donors (Lipinski definition) is 2. The first kappa shape index (κ1) is 13.1. The van der Waals surface area contributed by atoms with E-state index >= 15 is 0 Å². The van der Waals surface area contributed by atoms with Gasteiger partial charge in [-0.1, -0.05) is 42.5 Å². The average molecular weight is 291 g/mol. The largest absolute Gasteiger partial charge is 0.478 e. The maximum Gasteiger partial charge on any atom is 0.335 e. The average Bonchev–Trinajstić information content (AvgIpc) is 3.04. The van der Waals surface area contributed by atoms with E-state index in [2.05, 4.69) is 41.7 Å². The third-order valence-electron chi connectivity index (χ3n) is 4.77. The Balaban J connectivity index is 1.79. The predicted molar refractivity (Wildman–Crippen MR) is 86.2 cm³/mol. The van der Waals surface area contributed by atoms with E-state index in [0.717, 1.165) is 17.7 Å². The molecule has 22 heavy (non-hydrogen) atoms. The molecule has 1 aliphatic heterocycles. The molecule has 1 heterocycles. The van der Waals surface area contributed by atoms with Crippen molar-refractivity contribution < 1.29 is 9.90 Å². The summed E-state index contributed by atoms with van der Waals surface area (Å²) in [6.07, 6.45) is 5.47. The van der Waals surface area contributed by atoms with Gasteiger partial charge in [-0.25, -0.2) is 4.79 Å². The standard InChI is InChI=1S/C19H17NO2/c21-19(22)13-9-10-17-16(11-13)14-7-4-8-15(14)18(20-17)12-5-2-1-3-6-12/h1-7,9-11,14-15,18,20H,8H2,(H,21,22)/t14-,15+,18+/m1/s1. The number of carboxylic acids is 1. The minimum Gasteiger partial charge on any atom is -0.478 e. The molecule has 0 aromatic heterocycles. The van der Waals surface area contributed by atoms with Crippen molar-refractivity contribution in [2.45, 2.75) is 18.4 Å². The molecule has 4 rings (SSSR count). The Kier molecular flexibility index (Phi) is 3.00. The van der Waals surface area contributed by atoms with Crippen LogP contribution in [-0.2, 0) is 0 Å². The highest BCUT2D eigenvalue weighted by atomic mass is 16.4.